The predicted molar refractivity (Wildman–Crippen MR) is 70.2 cm³/mol. The number of nitrogens with zero attached hydrogens (tertiary/aromatic N) is 2. The number of rotatable bonds is 6. The molecule has 1 unspecified atom stereocenters. The zero-order chi connectivity index (χ0) is 12.7. The van der Waals surface area contributed by atoms with Gasteiger partial charge in [0.15, 0.2) is 0 Å². The number of nitrogens with two attached hydrogens (primary N) is 1. The lowest BCUT2D eigenvalue weighted by molar-refractivity contribution is 0.260. The molecule has 17 heavy (non-hydrogen) atoms. The summed E-state index contributed by atoms with van der Waals surface area (Å²) in [5.74, 6) is 0. The van der Waals surface area contributed by atoms with E-state index in [1.165, 1.54) is 5.56 Å². The van der Waals surface area contributed by atoms with Gasteiger partial charge in [-0.1, -0.05) is 37.3 Å². The van der Waals surface area contributed by atoms with Crippen LogP contribution in [-0.4, -0.2) is 23.5 Å². The van der Waals surface area contributed by atoms with Gasteiger partial charge in [0.05, 0.1) is 6.07 Å². The first-order chi connectivity index (χ1) is 8.07. The van der Waals surface area contributed by atoms with Crippen molar-refractivity contribution in [1.29, 1.82) is 5.26 Å². The summed E-state index contributed by atoms with van der Waals surface area (Å²) in [4.78, 5) is 2.30. The van der Waals surface area contributed by atoms with E-state index in [1.54, 1.807) is 6.92 Å². The molecule has 3 heteroatoms. The van der Waals surface area contributed by atoms with E-state index in [0.29, 0.717) is 6.42 Å². The maximum Gasteiger partial charge on any atom is 0.102 e. The van der Waals surface area contributed by atoms with Crippen LogP contribution in [0.3, 0.4) is 0 Å². The molecule has 0 spiro atoms. The fraction of sp³-hybridized carbons (Fsp3) is 0.500. The van der Waals surface area contributed by atoms with Crippen LogP contribution in [0.25, 0.3) is 0 Å². The van der Waals surface area contributed by atoms with Gasteiger partial charge in [-0.25, -0.2) is 0 Å². The summed E-state index contributed by atoms with van der Waals surface area (Å²) in [5, 5.41) is 8.88. The second-order valence-electron chi connectivity index (χ2n) is 4.63. The second kappa shape index (κ2) is 6.39. The minimum absolute atomic E-state index is 0.699. The van der Waals surface area contributed by atoms with Gasteiger partial charge in [-0.2, -0.15) is 5.26 Å². The van der Waals surface area contributed by atoms with Crippen molar-refractivity contribution in [2.24, 2.45) is 5.73 Å². The van der Waals surface area contributed by atoms with Gasteiger partial charge in [-0.15, -0.1) is 0 Å². The maximum atomic E-state index is 8.88. The summed E-state index contributed by atoms with van der Waals surface area (Å²) in [7, 11) is 0. The largest absolute Gasteiger partial charge is 0.314 e. The Bertz CT molecular complexity index is 365. The molecule has 0 amide bonds. The Morgan fingerprint density at radius 1 is 1.35 bits per heavy atom. The van der Waals surface area contributed by atoms with Crippen LogP contribution in [0.5, 0.6) is 0 Å². The third kappa shape index (κ3) is 4.99. The molecule has 0 saturated carbocycles. The van der Waals surface area contributed by atoms with E-state index in [4.69, 9.17) is 11.0 Å². The number of hydrogen-bond donors (Lipinski definition) is 1. The number of nitriles is 1. The molecule has 1 aromatic rings. The molecular weight excluding hydrogens is 210 g/mol. The third-order valence-corrected chi connectivity index (χ3v) is 2.90. The normalized spacial score (nSPS) is 14.3. The van der Waals surface area contributed by atoms with Crippen LogP contribution >= 0.6 is 0 Å². The number of hydrogen-bond acceptors (Lipinski definition) is 3. The highest BCUT2D eigenvalue weighted by Crippen LogP contribution is 2.09. The summed E-state index contributed by atoms with van der Waals surface area (Å²) >= 11 is 0. The fourth-order valence-electron chi connectivity index (χ4n) is 1.64. The summed E-state index contributed by atoms with van der Waals surface area (Å²) in [6.07, 6.45) is 0.699. The van der Waals surface area contributed by atoms with E-state index in [2.05, 4.69) is 30.0 Å². The van der Waals surface area contributed by atoms with E-state index in [0.717, 1.165) is 19.6 Å². The van der Waals surface area contributed by atoms with E-state index in [-0.39, 0.29) is 0 Å². The average molecular weight is 231 g/mol. The highest BCUT2D eigenvalue weighted by molar-refractivity contribution is 5.14. The molecule has 1 rings (SSSR count). The van der Waals surface area contributed by atoms with E-state index < -0.39 is 5.54 Å². The molecule has 1 atom stereocenters. The summed E-state index contributed by atoms with van der Waals surface area (Å²) in [5.41, 5.74) is 6.40. The first-order valence-corrected chi connectivity index (χ1v) is 6.04. The highest BCUT2D eigenvalue weighted by atomic mass is 15.1. The van der Waals surface area contributed by atoms with Crippen molar-refractivity contribution in [3.63, 3.8) is 0 Å². The van der Waals surface area contributed by atoms with Crippen molar-refractivity contribution in [2.45, 2.75) is 32.4 Å². The fourth-order valence-corrected chi connectivity index (χ4v) is 1.64. The molecule has 0 aromatic heterocycles. The van der Waals surface area contributed by atoms with Gasteiger partial charge in [0, 0.05) is 13.1 Å². The van der Waals surface area contributed by atoms with Gasteiger partial charge in [0.1, 0.15) is 5.54 Å². The molecule has 0 heterocycles. The van der Waals surface area contributed by atoms with E-state index in [1.807, 2.05) is 18.2 Å². The molecule has 3 nitrogen and oxygen atoms in total. The third-order valence-electron chi connectivity index (χ3n) is 2.90. The van der Waals surface area contributed by atoms with Crippen LogP contribution < -0.4 is 5.73 Å². The van der Waals surface area contributed by atoms with E-state index in [9.17, 15) is 0 Å². The molecule has 0 aliphatic heterocycles. The predicted octanol–water partition coefficient (Wildman–Crippen LogP) is 2.14. The lowest BCUT2D eigenvalue weighted by atomic mass is 10.0. The zero-order valence-electron chi connectivity index (χ0n) is 10.7. The smallest absolute Gasteiger partial charge is 0.102 e. The molecule has 0 aliphatic carbocycles. The van der Waals surface area contributed by atoms with Crippen molar-refractivity contribution in [2.75, 3.05) is 13.1 Å². The lowest BCUT2D eigenvalue weighted by Gasteiger charge is -2.24. The SMILES string of the molecule is CCN(CCC(C)(N)C#N)Cc1ccccc1. The Morgan fingerprint density at radius 2 is 2.00 bits per heavy atom. The van der Waals surface area contributed by atoms with Crippen LogP contribution in [0.2, 0.25) is 0 Å². The minimum Gasteiger partial charge on any atom is -0.314 e. The summed E-state index contributed by atoms with van der Waals surface area (Å²) < 4.78 is 0. The van der Waals surface area contributed by atoms with Gasteiger partial charge in [-0.3, -0.25) is 4.90 Å². The first-order valence-electron chi connectivity index (χ1n) is 6.04. The van der Waals surface area contributed by atoms with Crippen LogP contribution in [-0.2, 0) is 6.54 Å². The molecule has 0 aliphatic rings. The molecule has 0 radical (unpaired) electrons. The Morgan fingerprint density at radius 3 is 2.53 bits per heavy atom. The van der Waals surface area contributed by atoms with Crippen LogP contribution in [0.15, 0.2) is 30.3 Å². The monoisotopic (exact) mass is 231 g/mol. The second-order valence-corrected chi connectivity index (χ2v) is 4.63. The van der Waals surface area contributed by atoms with Crippen molar-refractivity contribution in [3.8, 4) is 6.07 Å². The standard InChI is InChI=1S/C14H21N3/c1-3-17(10-9-14(2,16)12-15)11-13-7-5-4-6-8-13/h4-8H,3,9-11,16H2,1-2H3. The van der Waals surface area contributed by atoms with Crippen molar-refractivity contribution < 1.29 is 0 Å². The van der Waals surface area contributed by atoms with Gasteiger partial charge in [0.2, 0.25) is 0 Å². The summed E-state index contributed by atoms with van der Waals surface area (Å²) in [6.45, 7) is 6.65. The van der Waals surface area contributed by atoms with Gasteiger partial charge in [0.25, 0.3) is 0 Å². The Hall–Kier alpha value is -1.37. The zero-order valence-corrected chi connectivity index (χ0v) is 10.7. The maximum absolute atomic E-state index is 8.88. The number of benzene rings is 1. The molecule has 1 aromatic carbocycles. The molecule has 92 valence electrons. The van der Waals surface area contributed by atoms with Gasteiger partial charge in [-0.05, 0) is 25.5 Å². The lowest BCUT2D eigenvalue weighted by Crippen LogP contribution is -2.38. The molecule has 0 fully saturated rings. The minimum atomic E-state index is -0.718. The molecular formula is C14H21N3. The Balaban J connectivity index is 2.48. The van der Waals surface area contributed by atoms with Crippen molar-refractivity contribution in [3.05, 3.63) is 35.9 Å². The molecule has 0 bridgehead atoms. The van der Waals surface area contributed by atoms with Gasteiger partial charge >= 0.3 is 0 Å². The first kappa shape index (κ1) is 13.7. The topological polar surface area (TPSA) is 53.0 Å². The van der Waals surface area contributed by atoms with Crippen molar-refractivity contribution >= 4 is 0 Å². The summed E-state index contributed by atoms with van der Waals surface area (Å²) in [6, 6.07) is 12.5. The highest BCUT2D eigenvalue weighted by Gasteiger charge is 2.18. The Kier molecular flexibility index (Phi) is 5.14. The molecule has 0 saturated heterocycles. The van der Waals surface area contributed by atoms with Crippen LogP contribution in [0.4, 0.5) is 0 Å². The average Bonchev–Trinajstić information content (AvgIpc) is 2.35. The van der Waals surface area contributed by atoms with Crippen LogP contribution in [0, 0.1) is 11.3 Å². The quantitative estimate of drug-likeness (QED) is 0.816. The van der Waals surface area contributed by atoms with E-state index >= 15 is 0 Å². The Labute approximate surface area is 104 Å². The van der Waals surface area contributed by atoms with Crippen LogP contribution in [0.1, 0.15) is 25.8 Å². The molecule has 2 N–H and O–H groups in total. The van der Waals surface area contributed by atoms with Crippen molar-refractivity contribution in [1.82, 2.24) is 4.90 Å². The van der Waals surface area contributed by atoms with Gasteiger partial charge < -0.3 is 5.73 Å².